The second-order valence-corrected chi connectivity index (χ2v) is 15.7. The molecule has 56 heavy (non-hydrogen) atoms. The normalized spacial score (nSPS) is 21.3. The number of phosphoric acid groups is 1. The summed E-state index contributed by atoms with van der Waals surface area (Å²) in [7, 11) is -3.38. The smallest absolute Gasteiger partial charge is 0.472 e. The number of nitrogen functional groups attached to an aromatic ring is 1. The SMILES string of the molecule is CCCCCCCCOCCCCCCCCC[C@H](COP(=O)(O)OC[C@H]1O[C@@](C#N)(c2ccc3c(N)ncnn23)C(O)[C@H]1O)OCc1ccc(OC)c(F)c1. The van der Waals surface area contributed by atoms with Crippen LogP contribution in [0.3, 0.4) is 0 Å². The first-order chi connectivity index (χ1) is 27.0. The van der Waals surface area contributed by atoms with Crippen molar-refractivity contribution in [3.63, 3.8) is 0 Å². The van der Waals surface area contributed by atoms with Gasteiger partial charge in [0.2, 0.25) is 5.60 Å². The molecule has 15 nitrogen and oxygen atoms in total. The Morgan fingerprint density at radius 1 is 1.02 bits per heavy atom. The van der Waals surface area contributed by atoms with Crippen LogP contribution in [0, 0.1) is 17.1 Å². The maximum atomic E-state index is 14.3. The number of nitrogens with zero attached hydrogens (tertiary/aromatic N) is 4. The van der Waals surface area contributed by atoms with E-state index >= 15 is 0 Å². The van der Waals surface area contributed by atoms with Gasteiger partial charge in [0.1, 0.15) is 36.2 Å². The van der Waals surface area contributed by atoms with E-state index < -0.39 is 50.3 Å². The lowest BCUT2D eigenvalue weighted by atomic mass is 9.92. The van der Waals surface area contributed by atoms with Crippen molar-refractivity contribution in [3.05, 3.63) is 53.7 Å². The second-order valence-electron chi connectivity index (χ2n) is 14.2. The van der Waals surface area contributed by atoms with E-state index in [0.717, 1.165) is 70.9 Å². The molecule has 1 aromatic carbocycles. The number of nitrogens with two attached hydrogens (primary N) is 1. The van der Waals surface area contributed by atoms with Gasteiger partial charge in [0.15, 0.2) is 17.4 Å². The molecule has 4 rings (SSSR count). The lowest BCUT2D eigenvalue weighted by Crippen LogP contribution is -2.41. The fraction of sp³-hybridized carbons (Fsp3) is 0.667. The van der Waals surface area contributed by atoms with E-state index in [0.29, 0.717) is 17.5 Å². The molecule has 0 amide bonds. The molecule has 3 heterocycles. The third-order valence-electron chi connectivity index (χ3n) is 9.97. The van der Waals surface area contributed by atoms with Gasteiger partial charge in [-0.2, -0.15) is 10.4 Å². The van der Waals surface area contributed by atoms with Crippen LogP contribution in [-0.4, -0.2) is 87.7 Å². The van der Waals surface area contributed by atoms with Crippen molar-refractivity contribution in [2.75, 3.05) is 39.3 Å². The van der Waals surface area contributed by atoms with Crippen LogP contribution in [0.4, 0.5) is 10.2 Å². The molecular weight excluding hydrogens is 748 g/mol. The van der Waals surface area contributed by atoms with Gasteiger partial charge in [-0.3, -0.25) is 9.05 Å². The summed E-state index contributed by atoms with van der Waals surface area (Å²) < 4.78 is 61.7. The Morgan fingerprint density at radius 2 is 1.70 bits per heavy atom. The number of aromatic nitrogens is 3. The summed E-state index contributed by atoms with van der Waals surface area (Å²) in [4.78, 5) is 14.5. The molecule has 3 aromatic rings. The highest BCUT2D eigenvalue weighted by Crippen LogP contribution is 2.46. The molecule has 0 spiro atoms. The van der Waals surface area contributed by atoms with Gasteiger partial charge < -0.3 is 39.8 Å². The number of hydrogen-bond donors (Lipinski definition) is 4. The second kappa shape index (κ2) is 23.2. The van der Waals surface area contributed by atoms with Crippen LogP contribution >= 0.6 is 7.82 Å². The average molecular weight is 808 g/mol. The van der Waals surface area contributed by atoms with Crippen LogP contribution in [0.1, 0.15) is 108 Å². The van der Waals surface area contributed by atoms with Crippen LogP contribution < -0.4 is 10.5 Å². The van der Waals surface area contributed by atoms with Crippen molar-refractivity contribution in [3.8, 4) is 11.8 Å². The van der Waals surface area contributed by atoms with Gasteiger partial charge >= 0.3 is 7.82 Å². The van der Waals surface area contributed by atoms with Crippen LogP contribution in [0.15, 0.2) is 36.7 Å². The number of methoxy groups -OCH3 is 1. The van der Waals surface area contributed by atoms with Crippen LogP contribution in [0.2, 0.25) is 0 Å². The number of fused-ring (bicyclic) bond motifs is 1. The molecule has 5 N–H and O–H groups in total. The van der Waals surface area contributed by atoms with E-state index in [4.69, 9.17) is 33.7 Å². The van der Waals surface area contributed by atoms with Gasteiger partial charge in [-0.1, -0.05) is 83.6 Å². The number of aliphatic hydroxyl groups is 2. The number of anilines is 1. The minimum absolute atomic E-state index is 0.0215. The summed E-state index contributed by atoms with van der Waals surface area (Å²) in [6.45, 7) is 2.88. The largest absolute Gasteiger partial charge is 0.494 e. The Morgan fingerprint density at radius 3 is 2.36 bits per heavy atom. The van der Waals surface area contributed by atoms with Crippen LogP contribution in [0.5, 0.6) is 5.75 Å². The van der Waals surface area contributed by atoms with Crippen molar-refractivity contribution in [2.24, 2.45) is 0 Å². The van der Waals surface area contributed by atoms with E-state index in [1.807, 2.05) is 6.07 Å². The number of benzene rings is 1. The molecule has 0 radical (unpaired) electrons. The Balaban J connectivity index is 1.23. The predicted molar refractivity (Wildman–Crippen MR) is 206 cm³/mol. The van der Waals surface area contributed by atoms with Gasteiger partial charge in [0.25, 0.3) is 0 Å². The molecule has 0 aliphatic carbocycles. The number of nitriles is 1. The van der Waals surface area contributed by atoms with E-state index in [2.05, 4.69) is 17.0 Å². The fourth-order valence-corrected chi connectivity index (χ4v) is 7.47. The first-order valence-electron chi connectivity index (χ1n) is 19.7. The number of rotatable bonds is 28. The molecule has 312 valence electrons. The number of hydrogen-bond acceptors (Lipinski definition) is 13. The topological polar surface area (TPSA) is 213 Å². The fourth-order valence-electron chi connectivity index (χ4n) is 6.71. The third kappa shape index (κ3) is 13.2. The Labute approximate surface area is 328 Å². The summed E-state index contributed by atoms with van der Waals surface area (Å²) in [5.74, 6) is -0.317. The minimum atomic E-state index is -4.76. The number of unbranched alkanes of at least 4 members (excludes halogenated alkanes) is 11. The minimum Gasteiger partial charge on any atom is -0.494 e. The van der Waals surface area contributed by atoms with Crippen molar-refractivity contribution < 1.29 is 52.1 Å². The monoisotopic (exact) mass is 807 g/mol. The molecule has 1 aliphatic heterocycles. The van der Waals surface area contributed by atoms with Crippen molar-refractivity contribution in [1.82, 2.24) is 14.6 Å². The molecule has 0 saturated carbocycles. The highest BCUT2D eigenvalue weighted by atomic mass is 31.2. The Hall–Kier alpha value is -3.23. The molecule has 2 unspecified atom stereocenters. The molecular formula is C39H59FN5O10P. The van der Waals surface area contributed by atoms with Crippen molar-refractivity contribution in [1.29, 1.82) is 5.26 Å². The summed E-state index contributed by atoms with van der Waals surface area (Å²) in [6, 6.07) is 9.36. The molecule has 1 saturated heterocycles. The molecule has 0 bridgehead atoms. The molecule has 6 atom stereocenters. The lowest BCUT2D eigenvalue weighted by Gasteiger charge is -2.24. The molecule has 2 aromatic heterocycles. The quantitative estimate of drug-likeness (QED) is 0.0455. The Bertz CT molecular complexity index is 1710. The van der Waals surface area contributed by atoms with Gasteiger partial charge in [0.05, 0.1) is 38.7 Å². The van der Waals surface area contributed by atoms with Gasteiger partial charge in [0, 0.05) is 13.2 Å². The highest BCUT2D eigenvalue weighted by Gasteiger charge is 2.58. The average Bonchev–Trinajstić information content (AvgIpc) is 3.74. The number of halogens is 1. The maximum Gasteiger partial charge on any atom is 0.472 e. The molecule has 1 aliphatic rings. The summed E-state index contributed by atoms with van der Waals surface area (Å²) in [6.07, 6.45) is 10.8. The van der Waals surface area contributed by atoms with Crippen molar-refractivity contribution >= 4 is 19.2 Å². The molecule has 17 heteroatoms. The zero-order valence-electron chi connectivity index (χ0n) is 32.6. The summed E-state index contributed by atoms with van der Waals surface area (Å²) in [5, 5.41) is 36.0. The zero-order chi connectivity index (χ0) is 40.4. The number of phosphoric ester groups is 1. The summed E-state index contributed by atoms with van der Waals surface area (Å²) in [5.41, 5.74) is 4.76. The molecule has 1 fully saturated rings. The first-order valence-corrected chi connectivity index (χ1v) is 21.2. The maximum absolute atomic E-state index is 14.3. The zero-order valence-corrected chi connectivity index (χ0v) is 33.5. The number of aliphatic hydroxyl groups excluding tert-OH is 2. The van der Waals surface area contributed by atoms with Gasteiger partial charge in [-0.15, -0.1) is 0 Å². The highest BCUT2D eigenvalue weighted by molar-refractivity contribution is 7.47. The van der Waals surface area contributed by atoms with Gasteiger partial charge in [-0.05, 0) is 49.1 Å². The van der Waals surface area contributed by atoms with E-state index in [1.54, 1.807) is 6.07 Å². The van der Waals surface area contributed by atoms with Crippen LogP contribution in [-0.2, 0) is 40.0 Å². The first kappa shape index (κ1) is 45.5. The van der Waals surface area contributed by atoms with E-state index in [9.17, 15) is 29.3 Å². The lowest BCUT2D eigenvalue weighted by molar-refractivity contribution is -0.0658. The third-order valence-corrected chi connectivity index (χ3v) is 10.9. The van der Waals surface area contributed by atoms with Crippen LogP contribution in [0.25, 0.3) is 5.52 Å². The predicted octanol–water partition coefficient (Wildman–Crippen LogP) is 6.52. The number of ether oxygens (including phenoxy) is 4. The summed E-state index contributed by atoms with van der Waals surface area (Å²) >= 11 is 0. The van der Waals surface area contributed by atoms with E-state index in [1.165, 1.54) is 68.0 Å². The van der Waals surface area contributed by atoms with Gasteiger partial charge in [-0.25, -0.2) is 18.5 Å². The Kier molecular flexibility index (Phi) is 18.9. The van der Waals surface area contributed by atoms with Crippen molar-refractivity contribution in [2.45, 2.75) is 133 Å². The standard InChI is InChI=1S/C39H59FN5O10P/c1-3-4-5-6-11-14-21-51-22-15-12-9-7-8-10-13-16-30(52-24-29-17-19-33(50-2)31(40)23-29)25-53-56(48,49)54-26-34-36(46)37(47)39(27-41,55-34)35-20-18-32-38(42)43-28-44-45(32)35/h17-20,23,28,30,34,36-37,46-47H,3-16,21-22,24-26H2,1-2H3,(H,48,49)(H2,42,43,44)/t30-,34-,36+,37?,39+/m1/s1. The van der Waals surface area contributed by atoms with E-state index in [-0.39, 0.29) is 30.5 Å².